The first-order valence-corrected chi connectivity index (χ1v) is 6.49. The van der Waals surface area contributed by atoms with Crippen LogP contribution >= 0.6 is 23.2 Å². The Morgan fingerprint density at radius 3 is 2.36 bits per heavy atom. The fourth-order valence-electron chi connectivity index (χ4n) is 1.80. The van der Waals surface area contributed by atoms with Crippen LogP contribution in [0.15, 0.2) is 29.5 Å². The van der Waals surface area contributed by atoms with Crippen LogP contribution in [0.5, 0.6) is 0 Å². The number of urea groups is 1. The molecule has 1 aromatic rings. The van der Waals surface area contributed by atoms with Crippen molar-refractivity contribution < 1.29 is 19.1 Å². The van der Waals surface area contributed by atoms with Crippen LogP contribution in [0, 0.1) is 11.3 Å². The molecule has 0 aliphatic carbocycles. The van der Waals surface area contributed by atoms with E-state index in [1.165, 1.54) is 24.3 Å². The highest BCUT2D eigenvalue weighted by molar-refractivity contribution is 6.36. The van der Waals surface area contributed by atoms with Gasteiger partial charge in [0.15, 0.2) is 5.57 Å². The topological polar surface area (TPSA) is 99.5 Å². The number of amides is 3. The van der Waals surface area contributed by atoms with Crippen molar-refractivity contribution in [2.75, 3.05) is 12.0 Å². The number of hydrogen-bond donors (Lipinski definition) is 1. The number of nitrogens with one attached hydrogen (secondary N) is 1. The summed E-state index contributed by atoms with van der Waals surface area (Å²) < 4.78 is 4.39. The zero-order valence-corrected chi connectivity index (χ0v) is 12.5. The number of esters is 1. The number of nitrogens with zero attached hydrogens (tertiary/aromatic N) is 2. The Labute approximate surface area is 134 Å². The molecule has 1 saturated heterocycles. The number of nitriles is 1. The summed E-state index contributed by atoms with van der Waals surface area (Å²) in [5.41, 5.74) is -0.955. The highest BCUT2D eigenvalue weighted by Gasteiger charge is 2.39. The summed E-state index contributed by atoms with van der Waals surface area (Å²) in [5, 5.41) is 11.6. The van der Waals surface area contributed by atoms with Crippen molar-refractivity contribution in [3.05, 3.63) is 39.5 Å². The molecule has 0 saturated carbocycles. The van der Waals surface area contributed by atoms with Crippen molar-refractivity contribution in [3.63, 3.8) is 0 Å². The Morgan fingerprint density at radius 1 is 1.27 bits per heavy atom. The lowest BCUT2D eigenvalue weighted by atomic mass is 10.2. The zero-order chi connectivity index (χ0) is 16.4. The van der Waals surface area contributed by atoms with Gasteiger partial charge in [0.2, 0.25) is 0 Å². The maximum Gasteiger partial charge on any atom is 0.350 e. The Morgan fingerprint density at radius 2 is 1.86 bits per heavy atom. The highest BCUT2D eigenvalue weighted by atomic mass is 35.5. The number of methoxy groups -OCH3 is 1. The fourth-order valence-corrected chi connectivity index (χ4v) is 2.31. The van der Waals surface area contributed by atoms with E-state index >= 15 is 0 Å². The van der Waals surface area contributed by atoms with Crippen LogP contribution < -0.4 is 10.2 Å². The molecule has 0 unspecified atom stereocenters. The molecule has 2 rings (SSSR count). The third kappa shape index (κ3) is 2.74. The van der Waals surface area contributed by atoms with E-state index in [0.717, 1.165) is 7.11 Å². The molecular formula is C13H7Cl2N3O4. The van der Waals surface area contributed by atoms with Gasteiger partial charge >= 0.3 is 12.0 Å². The van der Waals surface area contributed by atoms with E-state index in [9.17, 15) is 14.4 Å². The summed E-state index contributed by atoms with van der Waals surface area (Å²) >= 11 is 11.7. The SMILES string of the molecule is COC(=O)/C(C#N)=C1\NC(=O)N(c2cc(Cl)cc(Cl)c2)C1=O. The second kappa shape index (κ2) is 6.05. The molecule has 1 heterocycles. The number of benzene rings is 1. The average Bonchev–Trinajstić information content (AvgIpc) is 2.73. The van der Waals surface area contributed by atoms with Gasteiger partial charge in [0.05, 0.1) is 12.8 Å². The lowest BCUT2D eigenvalue weighted by molar-refractivity contribution is -0.136. The number of halogens is 2. The molecule has 7 nitrogen and oxygen atoms in total. The van der Waals surface area contributed by atoms with Crippen molar-refractivity contribution in [1.29, 1.82) is 5.26 Å². The maximum absolute atomic E-state index is 12.3. The van der Waals surface area contributed by atoms with Gasteiger partial charge < -0.3 is 10.1 Å². The minimum absolute atomic E-state index is 0.108. The molecule has 3 amide bonds. The summed E-state index contributed by atoms with van der Waals surface area (Å²) in [6, 6.07) is 4.81. The minimum Gasteiger partial charge on any atom is -0.465 e. The molecule has 1 N–H and O–H groups in total. The molecule has 1 aliphatic heterocycles. The summed E-state index contributed by atoms with van der Waals surface area (Å²) in [7, 11) is 1.05. The normalized spacial score (nSPS) is 16.2. The summed E-state index contributed by atoms with van der Waals surface area (Å²) in [6.45, 7) is 0. The van der Waals surface area contributed by atoms with Crippen LogP contribution in [0.1, 0.15) is 0 Å². The molecular weight excluding hydrogens is 333 g/mol. The number of rotatable bonds is 2. The molecule has 0 spiro atoms. The van der Waals surface area contributed by atoms with Crippen LogP contribution in [-0.4, -0.2) is 25.0 Å². The lowest BCUT2D eigenvalue weighted by Gasteiger charge is -2.12. The van der Waals surface area contributed by atoms with Crippen molar-refractivity contribution in [1.82, 2.24) is 5.32 Å². The third-order valence-electron chi connectivity index (χ3n) is 2.71. The van der Waals surface area contributed by atoms with Gasteiger partial charge in [0, 0.05) is 10.0 Å². The molecule has 1 fully saturated rings. The Hall–Kier alpha value is -2.56. The molecule has 9 heteroatoms. The van der Waals surface area contributed by atoms with E-state index < -0.39 is 29.2 Å². The van der Waals surface area contributed by atoms with Gasteiger partial charge in [-0.15, -0.1) is 0 Å². The van der Waals surface area contributed by atoms with E-state index in [1.807, 2.05) is 0 Å². The molecule has 0 radical (unpaired) electrons. The van der Waals surface area contributed by atoms with Crippen molar-refractivity contribution in [2.45, 2.75) is 0 Å². The lowest BCUT2D eigenvalue weighted by Crippen LogP contribution is -2.30. The van der Waals surface area contributed by atoms with Gasteiger partial charge in [0.25, 0.3) is 5.91 Å². The Balaban J connectivity index is 2.52. The van der Waals surface area contributed by atoms with Gasteiger partial charge in [-0.3, -0.25) is 4.79 Å². The second-order valence-electron chi connectivity index (χ2n) is 4.05. The highest BCUT2D eigenvalue weighted by Crippen LogP contribution is 2.29. The van der Waals surface area contributed by atoms with Gasteiger partial charge in [-0.05, 0) is 18.2 Å². The van der Waals surface area contributed by atoms with Crippen molar-refractivity contribution >= 4 is 46.8 Å². The van der Waals surface area contributed by atoms with E-state index in [0.29, 0.717) is 4.90 Å². The van der Waals surface area contributed by atoms with E-state index in [-0.39, 0.29) is 15.7 Å². The minimum atomic E-state index is -1.03. The third-order valence-corrected chi connectivity index (χ3v) is 3.15. The largest absolute Gasteiger partial charge is 0.465 e. The quantitative estimate of drug-likeness (QED) is 0.384. The van der Waals surface area contributed by atoms with Crippen LogP contribution in [0.4, 0.5) is 10.5 Å². The van der Waals surface area contributed by atoms with Crippen molar-refractivity contribution in [2.24, 2.45) is 0 Å². The summed E-state index contributed by atoms with van der Waals surface area (Å²) in [6.07, 6.45) is 0. The number of carbonyl (C=O) groups is 3. The van der Waals surface area contributed by atoms with E-state index in [2.05, 4.69) is 10.1 Å². The fraction of sp³-hybridized carbons (Fsp3) is 0.0769. The number of anilines is 1. The predicted octanol–water partition coefficient (Wildman–Crippen LogP) is 2.00. The molecule has 0 aromatic heterocycles. The van der Waals surface area contributed by atoms with Crippen molar-refractivity contribution in [3.8, 4) is 6.07 Å². The van der Waals surface area contributed by atoms with Gasteiger partial charge in [-0.1, -0.05) is 23.2 Å². The smallest absolute Gasteiger partial charge is 0.350 e. The molecule has 0 atom stereocenters. The van der Waals surface area contributed by atoms with Crippen LogP contribution in [0.2, 0.25) is 10.0 Å². The van der Waals surface area contributed by atoms with E-state index in [1.54, 1.807) is 0 Å². The predicted molar refractivity (Wildman–Crippen MR) is 77.1 cm³/mol. The summed E-state index contributed by atoms with van der Waals surface area (Å²) in [4.78, 5) is 36.4. The van der Waals surface area contributed by atoms with Gasteiger partial charge in [-0.2, -0.15) is 5.26 Å². The van der Waals surface area contributed by atoms with Gasteiger partial charge in [-0.25, -0.2) is 14.5 Å². The number of imide groups is 1. The van der Waals surface area contributed by atoms with Gasteiger partial charge in [0.1, 0.15) is 11.8 Å². The van der Waals surface area contributed by atoms with Crippen LogP contribution in [0.25, 0.3) is 0 Å². The Bertz CT molecular complexity index is 747. The molecule has 22 heavy (non-hydrogen) atoms. The average molecular weight is 340 g/mol. The van der Waals surface area contributed by atoms with Crippen LogP contribution in [0.3, 0.4) is 0 Å². The number of hydrogen-bond acceptors (Lipinski definition) is 5. The standard InChI is InChI=1S/C13H7Cl2N3O4/c1-22-12(20)9(5-16)10-11(19)18(13(21)17-10)8-3-6(14)2-7(15)4-8/h2-4H,1H3,(H,17,21)/b10-9-. The van der Waals surface area contributed by atoms with Crippen LogP contribution in [-0.2, 0) is 14.3 Å². The second-order valence-corrected chi connectivity index (χ2v) is 4.92. The first kappa shape index (κ1) is 15.8. The molecule has 1 aliphatic rings. The maximum atomic E-state index is 12.3. The molecule has 0 bridgehead atoms. The molecule has 112 valence electrons. The molecule has 1 aromatic carbocycles. The number of ether oxygens (including phenoxy) is 1. The first-order chi connectivity index (χ1) is 10.4. The van der Waals surface area contributed by atoms with E-state index in [4.69, 9.17) is 28.5 Å². The summed E-state index contributed by atoms with van der Waals surface area (Å²) in [5.74, 6) is -1.91. The first-order valence-electron chi connectivity index (χ1n) is 5.73. The number of carbonyl (C=O) groups excluding carboxylic acids is 3. The Kier molecular flexibility index (Phi) is 4.35. The zero-order valence-electron chi connectivity index (χ0n) is 11.0. The monoisotopic (exact) mass is 339 g/mol.